The van der Waals surface area contributed by atoms with Crippen molar-refractivity contribution in [3.8, 4) is 5.75 Å². The Morgan fingerprint density at radius 3 is 2.65 bits per heavy atom. The number of ether oxygens (including phenoxy) is 1. The molecule has 1 aliphatic carbocycles. The van der Waals surface area contributed by atoms with E-state index >= 15 is 0 Å². The van der Waals surface area contributed by atoms with Gasteiger partial charge in [0, 0.05) is 17.8 Å². The van der Waals surface area contributed by atoms with E-state index in [4.69, 9.17) is 4.74 Å². The Bertz CT molecular complexity index is 470. The van der Waals surface area contributed by atoms with E-state index in [0.29, 0.717) is 17.7 Å². The molecular weight excluding hydrogens is 256 g/mol. The molecule has 20 heavy (non-hydrogen) atoms. The third kappa shape index (κ3) is 3.40. The molecule has 2 rings (SSSR count). The number of nitrogens with zero attached hydrogens (tertiary/aromatic N) is 1. The highest BCUT2D eigenvalue weighted by molar-refractivity contribution is 5.58. The lowest BCUT2D eigenvalue weighted by atomic mass is 9.84. The summed E-state index contributed by atoms with van der Waals surface area (Å²) in [6.45, 7) is 2.16. The molecule has 1 N–H and O–H groups in total. The molecule has 1 atom stereocenters. The SMILES string of the molecule is COc1ccc(NC(C)C2CCCCC2)cc1[N+](=O)[O-]. The monoisotopic (exact) mass is 278 g/mol. The fourth-order valence-corrected chi connectivity index (χ4v) is 2.94. The van der Waals surface area contributed by atoms with Crippen molar-refractivity contribution in [2.24, 2.45) is 5.92 Å². The van der Waals surface area contributed by atoms with Crippen LogP contribution in [0.2, 0.25) is 0 Å². The van der Waals surface area contributed by atoms with Crippen LogP contribution in [0.5, 0.6) is 5.75 Å². The number of nitrogens with one attached hydrogen (secondary N) is 1. The summed E-state index contributed by atoms with van der Waals surface area (Å²) in [5, 5.41) is 14.4. The highest BCUT2D eigenvalue weighted by Crippen LogP contribution is 2.32. The molecule has 1 fully saturated rings. The summed E-state index contributed by atoms with van der Waals surface area (Å²) in [6.07, 6.45) is 6.40. The van der Waals surface area contributed by atoms with Crippen LogP contribution < -0.4 is 10.1 Å². The van der Waals surface area contributed by atoms with Gasteiger partial charge in [-0.05, 0) is 37.8 Å². The summed E-state index contributed by atoms with van der Waals surface area (Å²) in [5.74, 6) is 0.954. The predicted octanol–water partition coefficient (Wildman–Crippen LogP) is 3.98. The van der Waals surface area contributed by atoms with Gasteiger partial charge in [-0.2, -0.15) is 0 Å². The summed E-state index contributed by atoms with van der Waals surface area (Å²) >= 11 is 0. The van der Waals surface area contributed by atoms with Gasteiger partial charge in [0.1, 0.15) is 0 Å². The first-order valence-electron chi connectivity index (χ1n) is 7.21. The minimum Gasteiger partial charge on any atom is -0.490 e. The third-order valence-corrected chi connectivity index (χ3v) is 4.13. The molecule has 0 radical (unpaired) electrons. The maximum Gasteiger partial charge on any atom is 0.312 e. The first-order chi connectivity index (χ1) is 9.61. The van der Waals surface area contributed by atoms with Gasteiger partial charge in [-0.1, -0.05) is 19.3 Å². The summed E-state index contributed by atoms with van der Waals surface area (Å²) < 4.78 is 5.01. The Balaban J connectivity index is 2.08. The lowest BCUT2D eigenvalue weighted by Gasteiger charge is -2.29. The summed E-state index contributed by atoms with van der Waals surface area (Å²) in [5.41, 5.74) is 0.795. The number of methoxy groups -OCH3 is 1. The standard InChI is InChI=1S/C15H22N2O3/c1-11(12-6-4-3-5-7-12)16-13-8-9-15(20-2)14(10-13)17(18)19/h8-12,16H,3-7H2,1-2H3. The normalized spacial score (nSPS) is 17.5. The average molecular weight is 278 g/mol. The molecule has 1 aromatic carbocycles. The number of nitro groups is 1. The van der Waals surface area contributed by atoms with Crippen molar-refractivity contribution in [3.63, 3.8) is 0 Å². The molecule has 0 heterocycles. The Kier molecular flexibility index (Phi) is 4.82. The molecule has 1 aromatic rings. The molecule has 1 aliphatic rings. The molecular formula is C15H22N2O3. The van der Waals surface area contributed by atoms with Crippen LogP contribution in [0.25, 0.3) is 0 Å². The van der Waals surface area contributed by atoms with Gasteiger partial charge in [-0.25, -0.2) is 0 Å². The van der Waals surface area contributed by atoms with Crippen LogP contribution in [0, 0.1) is 16.0 Å². The van der Waals surface area contributed by atoms with Crippen LogP contribution in [0.4, 0.5) is 11.4 Å². The number of hydrogen-bond donors (Lipinski definition) is 1. The molecule has 0 aromatic heterocycles. The van der Waals surface area contributed by atoms with Gasteiger partial charge in [0.05, 0.1) is 12.0 Å². The highest BCUT2D eigenvalue weighted by Gasteiger charge is 2.21. The summed E-state index contributed by atoms with van der Waals surface area (Å²) in [6, 6.07) is 5.38. The van der Waals surface area contributed by atoms with Crippen LogP contribution in [0.1, 0.15) is 39.0 Å². The van der Waals surface area contributed by atoms with Crippen LogP contribution in [0.3, 0.4) is 0 Å². The molecule has 1 saturated carbocycles. The summed E-state index contributed by atoms with van der Waals surface area (Å²) in [7, 11) is 1.44. The minimum atomic E-state index is -0.407. The maximum atomic E-state index is 11.0. The Morgan fingerprint density at radius 2 is 2.05 bits per heavy atom. The van der Waals surface area contributed by atoms with Gasteiger partial charge in [-0.15, -0.1) is 0 Å². The molecule has 0 saturated heterocycles. The second-order valence-electron chi connectivity index (χ2n) is 5.47. The smallest absolute Gasteiger partial charge is 0.312 e. The second kappa shape index (κ2) is 6.59. The number of benzene rings is 1. The van der Waals surface area contributed by atoms with E-state index in [1.807, 2.05) is 6.07 Å². The summed E-state index contributed by atoms with van der Waals surface area (Å²) in [4.78, 5) is 10.6. The van der Waals surface area contributed by atoms with Gasteiger partial charge in [0.2, 0.25) is 0 Å². The van der Waals surface area contributed by atoms with Crippen molar-refractivity contribution < 1.29 is 9.66 Å². The second-order valence-corrected chi connectivity index (χ2v) is 5.47. The zero-order chi connectivity index (χ0) is 14.5. The molecule has 0 spiro atoms. The predicted molar refractivity (Wildman–Crippen MR) is 79.3 cm³/mol. The van der Waals surface area contributed by atoms with Crippen LogP contribution >= 0.6 is 0 Å². The lowest BCUT2D eigenvalue weighted by molar-refractivity contribution is -0.385. The maximum absolute atomic E-state index is 11.0. The Hall–Kier alpha value is -1.78. The highest BCUT2D eigenvalue weighted by atomic mass is 16.6. The van der Waals surface area contributed by atoms with E-state index in [2.05, 4.69) is 12.2 Å². The largest absolute Gasteiger partial charge is 0.490 e. The van der Waals surface area contributed by atoms with Crippen LogP contribution in [0.15, 0.2) is 18.2 Å². The van der Waals surface area contributed by atoms with E-state index < -0.39 is 4.92 Å². The fraction of sp³-hybridized carbons (Fsp3) is 0.600. The number of rotatable bonds is 5. The van der Waals surface area contributed by atoms with Crippen molar-refractivity contribution in [1.82, 2.24) is 0 Å². The number of hydrogen-bond acceptors (Lipinski definition) is 4. The van der Waals surface area contributed by atoms with E-state index in [1.165, 1.54) is 39.2 Å². The third-order valence-electron chi connectivity index (χ3n) is 4.13. The first kappa shape index (κ1) is 14.6. The van der Waals surface area contributed by atoms with Gasteiger partial charge in [-0.3, -0.25) is 10.1 Å². The molecule has 1 unspecified atom stereocenters. The van der Waals surface area contributed by atoms with Gasteiger partial charge in [0.15, 0.2) is 5.75 Å². The Morgan fingerprint density at radius 1 is 1.35 bits per heavy atom. The van der Waals surface area contributed by atoms with E-state index in [0.717, 1.165) is 5.69 Å². The van der Waals surface area contributed by atoms with Crippen LogP contribution in [-0.4, -0.2) is 18.1 Å². The minimum absolute atomic E-state index is 0.00773. The zero-order valence-corrected chi connectivity index (χ0v) is 12.1. The molecule has 110 valence electrons. The van der Waals surface area contributed by atoms with E-state index in [9.17, 15) is 10.1 Å². The molecule has 5 heteroatoms. The van der Waals surface area contributed by atoms with Gasteiger partial charge >= 0.3 is 5.69 Å². The van der Waals surface area contributed by atoms with Crippen LogP contribution in [-0.2, 0) is 0 Å². The molecule has 0 bridgehead atoms. The van der Waals surface area contributed by atoms with E-state index in [-0.39, 0.29) is 5.69 Å². The fourth-order valence-electron chi connectivity index (χ4n) is 2.94. The van der Waals surface area contributed by atoms with Crippen molar-refractivity contribution in [1.29, 1.82) is 0 Å². The lowest BCUT2D eigenvalue weighted by Crippen LogP contribution is -2.27. The van der Waals surface area contributed by atoms with Crippen molar-refractivity contribution in [2.75, 3.05) is 12.4 Å². The van der Waals surface area contributed by atoms with E-state index in [1.54, 1.807) is 12.1 Å². The topological polar surface area (TPSA) is 64.4 Å². The Labute approximate surface area is 119 Å². The zero-order valence-electron chi connectivity index (χ0n) is 12.1. The van der Waals surface area contributed by atoms with Gasteiger partial charge in [0.25, 0.3) is 0 Å². The first-order valence-corrected chi connectivity index (χ1v) is 7.21. The quantitative estimate of drug-likeness (QED) is 0.653. The average Bonchev–Trinajstić information content (AvgIpc) is 2.48. The van der Waals surface area contributed by atoms with Crippen molar-refractivity contribution >= 4 is 11.4 Å². The number of anilines is 1. The molecule has 0 amide bonds. The van der Waals surface area contributed by atoms with Gasteiger partial charge < -0.3 is 10.1 Å². The van der Waals surface area contributed by atoms with Crippen molar-refractivity contribution in [3.05, 3.63) is 28.3 Å². The molecule has 0 aliphatic heterocycles. The van der Waals surface area contributed by atoms with Crippen molar-refractivity contribution in [2.45, 2.75) is 45.1 Å². The molecule has 5 nitrogen and oxygen atoms in total. The number of nitro benzene ring substituents is 1.